The maximum atomic E-state index is 11.6. The quantitative estimate of drug-likeness (QED) is 0.419. The van der Waals surface area contributed by atoms with Crippen molar-refractivity contribution >= 4 is 34.4 Å². The van der Waals surface area contributed by atoms with Crippen LogP contribution in [0.15, 0.2) is 0 Å². The molecule has 0 aliphatic heterocycles. The molecule has 0 rings (SSSR count). The van der Waals surface area contributed by atoms with E-state index in [2.05, 4.69) is 30.4 Å². The van der Waals surface area contributed by atoms with E-state index in [0.29, 0.717) is 6.42 Å². The minimum Gasteiger partial charge on any atom is -0.357 e. The molecule has 0 unspecified atom stereocenters. The summed E-state index contributed by atoms with van der Waals surface area (Å²) in [6, 6.07) is 0. The predicted molar refractivity (Wildman–Crippen MR) is 84.6 cm³/mol. The van der Waals surface area contributed by atoms with Crippen LogP contribution in [0.1, 0.15) is 59.3 Å². The van der Waals surface area contributed by atoms with Crippen LogP contribution in [0, 0.1) is 0 Å². The number of unbranched alkanes of at least 4 members (excludes halogenated alkanes) is 4. The van der Waals surface area contributed by atoms with Gasteiger partial charge in [0.1, 0.15) is 0 Å². The van der Waals surface area contributed by atoms with Gasteiger partial charge in [-0.15, -0.1) is 0 Å². The van der Waals surface area contributed by atoms with Crippen LogP contribution in [0.25, 0.3) is 0 Å². The van der Waals surface area contributed by atoms with E-state index in [9.17, 15) is 4.79 Å². The molecule has 0 heterocycles. The largest absolute Gasteiger partial charge is 0.357 e. The lowest BCUT2D eigenvalue weighted by Crippen LogP contribution is -2.30. The molecule has 106 valence electrons. The van der Waals surface area contributed by atoms with Crippen molar-refractivity contribution in [2.75, 3.05) is 13.1 Å². The Labute approximate surface area is 121 Å². The van der Waals surface area contributed by atoms with Crippen molar-refractivity contribution in [3.8, 4) is 0 Å². The van der Waals surface area contributed by atoms with Crippen LogP contribution < -0.4 is 4.72 Å². The lowest BCUT2D eigenvalue weighted by atomic mass is 10.1. The molecule has 5 heteroatoms. The normalized spacial score (nSPS) is 10.2. The average molecular weight is 290 g/mol. The molecule has 0 aliphatic carbocycles. The predicted octanol–water partition coefficient (Wildman–Crippen LogP) is 3.74. The van der Waals surface area contributed by atoms with Crippen LogP contribution >= 0.6 is 24.2 Å². The monoisotopic (exact) mass is 290 g/mol. The number of hydrogen-bond acceptors (Lipinski definition) is 3. The second-order valence-corrected chi connectivity index (χ2v) is 5.67. The molecular weight excluding hydrogens is 264 g/mol. The average Bonchev–Trinajstić information content (AvgIpc) is 2.37. The number of amides is 1. The van der Waals surface area contributed by atoms with Crippen molar-refractivity contribution in [3.63, 3.8) is 0 Å². The number of nitrogens with one attached hydrogen (secondary N) is 1. The first-order chi connectivity index (χ1) is 8.65. The van der Waals surface area contributed by atoms with Crippen LogP contribution in [-0.4, -0.2) is 28.2 Å². The van der Waals surface area contributed by atoms with Crippen LogP contribution in [0.3, 0.4) is 0 Å². The van der Waals surface area contributed by atoms with Crippen LogP contribution in [-0.2, 0) is 4.79 Å². The summed E-state index contributed by atoms with van der Waals surface area (Å²) in [5.41, 5.74) is 0. The first-order valence-electron chi connectivity index (χ1n) is 6.90. The van der Waals surface area contributed by atoms with Gasteiger partial charge in [0.2, 0.25) is 5.91 Å². The van der Waals surface area contributed by atoms with E-state index >= 15 is 0 Å². The zero-order chi connectivity index (χ0) is 13.8. The van der Waals surface area contributed by atoms with Crippen LogP contribution in [0.5, 0.6) is 0 Å². The van der Waals surface area contributed by atoms with Gasteiger partial charge in [-0.3, -0.25) is 9.52 Å². The fourth-order valence-corrected chi connectivity index (χ4v) is 2.66. The minimum absolute atomic E-state index is 0.0889. The second-order valence-electron chi connectivity index (χ2n) is 4.23. The molecule has 3 nitrogen and oxygen atoms in total. The zero-order valence-electron chi connectivity index (χ0n) is 11.8. The molecule has 0 fully saturated rings. The smallest absolute Gasteiger partial charge is 0.230 e. The molecule has 0 radical (unpaired) electrons. The Morgan fingerprint density at radius 2 is 1.72 bits per heavy atom. The lowest BCUT2D eigenvalue weighted by Gasteiger charge is -2.20. The molecular formula is C13H26N2OS2. The van der Waals surface area contributed by atoms with Gasteiger partial charge in [0, 0.05) is 31.5 Å². The number of hydrogen-bond donors (Lipinski definition) is 1. The van der Waals surface area contributed by atoms with Crippen molar-refractivity contribution in [3.05, 3.63) is 0 Å². The Kier molecular flexibility index (Phi) is 11.6. The summed E-state index contributed by atoms with van der Waals surface area (Å²) in [4.78, 5) is 13.6. The molecule has 0 saturated carbocycles. The Morgan fingerprint density at radius 3 is 2.28 bits per heavy atom. The summed E-state index contributed by atoms with van der Waals surface area (Å²) in [7, 11) is 0. The van der Waals surface area contributed by atoms with Crippen molar-refractivity contribution in [1.29, 1.82) is 0 Å². The van der Waals surface area contributed by atoms with Gasteiger partial charge in [-0.2, -0.15) is 0 Å². The van der Waals surface area contributed by atoms with E-state index in [-0.39, 0.29) is 5.91 Å². The number of carbonyl (C=O) groups excluding carboxylic acids is 1. The SMILES string of the molecule is CCCCCCCC(=O)NSC(=S)N(CC)CC. The van der Waals surface area contributed by atoms with E-state index in [0.717, 1.165) is 30.3 Å². The molecule has 0 atom stereocenters. The van der Waals surface area contributed by atoms with Crippen molar-refractivity contribution in [2.45, 2.75) is 59.3 Å². The molecule has 0 aromatic heterocycles. The van der Waals surface area contributed by atoms with Gasteiger partial charge >= 0.3 is 0 Å². The Bertz CT molecular complexity index is 243. The number of carbonyl (C=O) groups is 1. The van der Waals surface area contributed by atoms with Crippen molar-refractivity contribution < 1.29 is 4.79 Å². The van der Waals surface area contributed by atoms with Crippen LogP contribution in [0.4, 0.5) is 0 Å². The highest BCUT2D eigenvalue weighted by molar-refractivity contribution is 8.21. The first kappa shape index (κ1) is 17.7. The van der Waals surface area contributed by atoms with E-state index in [4.69, 9.17) is 12.2 Å². The van der Waals surface area contributed by atoms with Gasteiger partial charge in [0.25, 0.3) is 0 Å². The van der Waals surface area contributed by atoms with Gasteiger partial charge in [-0.05, 0) is 20.3 Å². The number of nitrogens with zero attached hydrogens (tertiary/aromatic N) is 1. The van der Waals surface area contributed by atoms with Crippen LogP contribution in [0.2, 0.25) is 0 Å². The van der Waals surface area contributed by atoms with Crippen molar-refractivity contribution in [2.24, 2.45) is 0 Å². The summed E-state index contributed by atoms with van der Waals surface area (Å²) in [6.07, 6.45) is 6.46. The third-order valence-electron chi connectivity index (χ3n) is 2.78. The molecule has 0 saturated heterocycles. The standard InChI is InChI=1S/C13H26N2OS2/c1-4-7-8-9-10-11-12(16)14-18-13(17)15(5-2)6-3/h4-11H2,1-3H3,(H,14,16). The summed E-state index contributed by atoms with van der Waals surface area (Å²) in [6.45, 7) is 8.08. The topological polar surface area (TPSA) is 32.3 Å². The highest BCUT2D eigenvalue weighted by Crippen LogP contribution is 2.08. The maximum absolute atomic E-state index is 11.6. The Balaban J connectivity index is 3.60. The van der Waals surface area contributed by atoms with Gasteiger partial charge in [-0.25, -0.2) is 0 Å². The molecule has 0 spiro atoms. The van der Waals surface area contributed by atoms with E-state index in [1.807, 2.05) is 0 Å². The van der Waals surface area contributed by atoms with Gasteiger partial charge in [-0.1, -0.05) is 44.8 Å². The maximum Gasteiger partial charge on any atom is 0.230 e. The fourth-order valence-electron chi connectivity index (χ4n) is 1.59. The van der Waals surface area contributed by atoms with E-state index < -0.39 is 0 Å². The zero-order valence-corrected chi connectivity index (χ0v) is 13.5. The molecule has 18 heavy (non-hydrogen) atoms. The first-order valence-corrected chi connectivity index (χ1v) is 8.12. The summed E-state index contributed by atoms with van der Waals surface area (Å²) in [5.74, 6) is 0.0889. The molecule has 1 amide bonds. The fraction of sp³-hybridized carbons (Fsp3) is 0.846. The van der Waals surface area contributed by atoms with Gasteiger partial charge in [0.15, 0.2) is 4.32 Å². The molecule has 1 N–H and O–H groups in total. The molecule has 0 aromatic rings. The second kappa shape index (κ2) is 11.8. The Morgan fingerprint density at radius 1 is 1.11 bits per heavy atom. The molecule has 0 bridgehead atoms. The lowest BCUT2D eigenvalue weighted by molar-refractivity contribution is -0.119. The number of rotatable bonds is 8. The van der Waals surface area contributed by atoms with E-state index in [1.165, 1.54) is 31.2 Å². The highest BCUT2D eigenvalue weighted by atomic mass is 32.2. The van der Waals surface area contributed by atoms with Crippen molar-refractivity contribution in [1.82, 2.24) is 9.62 Å². The minimum atomic E-state index is 0.0889. The number of thiocarbonyl (C=S) groups is 1. The van der Waals surface area contributed by atoms with E-state index in [1.54, 1.807) is 0 Å². The summed E-state index contributed by atoms with van der Waals surface area (Å²) >= 11 is 6.50. The van der Waals surface area contributed by atoms with Gasteiger partial charge in [0.05, 0.1) is 0 Å². The highest BCUT2D eigenvalue weighted by Gasteiger charge is 2.08. The Hall–Kier alpha value is -0.290. The summed E-state index contributed by atoms with van der Waals surface area (Å²) < 4.78 is 3.57. The van der Waals surface area contributed by atoms with Gasteiger partial charge < -0.3 is 4.90 Å². The molecule has 0 aliphatic rings. The summed E-state index contributed by atoms with van der Waals surface area (Å²) in [5, 5.41) is 0. The third-order valence-corrected chi connectivity index (χ3v) is 4.05. The third kappa shape index (κ3) is 8.75. The molecule has 0 aromatic carbocycles.